The molecule has 1 heterocycles. The Balaban J connectivity index is 1.74. The minimum Gasteiger partial charge on any atom is -0.497 e. The molecule has 0 N–H and O–H groups in total. The number of hydrogen-bond acceptors (Lipinski definition) is 5. The number of tetrazole rings is 1. The fourth-order valence-corrected chi connectivity index (χ4v) is 2.36. The van der Waals surface area contributed by atoms with Crippen LogP contribution in [0.4, 0.5) is 0 Å². The highest BCUT2D eigenvalue weighted by Crippen LogP contribution is 2.15. The van der Waals surface area contributed by atoms with E-state index in [4.69, 9.17) is 4.74 Å². The average Bonchev–Trinajstić information content (AvgIpc) is 3.16. The van der Waals surface area contributed by atoms with E-state index in [1.165, 1.54) is 11.0 Å². The third kappa shape index (κ3) is 3.40. The van der Waals surface area contributed by atoms with Gasteiger partial charge >= 0.3 is 0 Å². The third-order valence-corrected chi connectivity index (χ3v) is 3.63. The molecule has 122 valence electrons. The second-order valence-corrected chi connectivity index (χ2v) is 5.31. The summed E-state index contributed by atoms with van der Waals surface area (Å²) >= 11 is 0. The van der Waals surface area contributed by atoms with E-state index in [2.05, 4.69) is 15.5 Å². The van der Waals surface area contributed by atoms with Gasteiger partial charge in [0.1, 0.15) is 12.1 Å². The lowest BCUT2D eigenvalue weighted by molar-refractivity contribution is 0.0785. The smallest absolute Gasteiger partial charge is 0.253 e. The van der Waals surface area contributed by atoms with Crippen LogP contribution in [0.15, 0.2) is 54.9 Å². The maximum Gasteiger partial charge on any atom is 0.253 e. The van der Waals surface area contributed by atoms with Gasteiger partial charge in [0.2, 0.25) is 0 Å². The number of methoxy groups -OCH3 is 1. The highest BCUT2D eigenvalue weighted by molar-refractivity contribution is 5.94. The molecule has 0 unspecified atom stereocenters. The molecular weight excluding hydrogens is 306 g/mol. The Morgan fingerprint density at radius 1 is 1.21 bits per heavy atom. The first kappa shape index (κ1) is 15.7. The molecule has 1 aromatic heterocycles. The molecule has 1 amide bonds. The summed E-state index contributed by atoms with van der Waals surface area (Å²) in [7, 11) is 3.40. The fourth-order valence-electron chi connectivity index (χ4n) is 2.36. The number of amides is 1. The van der Waals surface area contributed by atoms with E-state index in [0.29, 0.717) is 12.1 Å². The normalized spacial score (nSPS) is 10.4. The predicted octanol–water partition coefficient (Wildman–Crippen LogP) is 1.94. The molecule has 0 saturated carbocycles. The number of carbonyl (C=O) groups is 1. The first-order valence-electron chi connectivity index (χ1n) is 7.39. The van der Waals surface area contributed by atoms with Crippen molar-refractivity contribution in [3.8, 4) is 11.4 Å². The monoisotopic (exact) mass is 323 g/mol. The second-order valence-electron chi connectivity index (χ2n) is 5.31. The van der Waals surface area contributed by atoms with Crippen molar-refractivity contribution in [1.29, 1.82) is 0 Å². The van der Waals surface area contributed by atoms with E-state index < -0.39 is 0 Å². The van der Waals surface area contributed by atoms with Crippen LogP contribution in [0.3, 0.4) is 0 Å². The summed E-state index contributed by atoms with van der Waals surface area (Å²) in [6.45, 7) is 0.512. The standard InChI is InChI=1S/C17H17N5O2/c1-21(11-13-6-8-16(24-2)9-7-13)17(23)14-4-3-5-15(10-14)22-12-18-19-20-22/h3-10,12H,11H2,1-2H3. The summed E-state index contributed by atoms with van der Waals surface area (Å²) in [6.07, 6.45) is 1.49. The lowest BCUT2D eigenvalue weighted by Gasteiger charge is -2.18. The Morgan fingerprint density at radius 2 is 2.00 bits per heavy atom. The summed E-state index contributed by atoms with van der Waals surface area (Å²) < 4.78 is 6.65. The van der Waals surface area contributed by atoms with Gasteiger partial charge in [0, 0.05) is 19.2 Å². The minimum atomic E-state index is -0.0688. The molecule has 3 rings (SSSR count). The van der Waals surface area contributed by atoms with Gasteiger partial charge < -0.3 is 9.64 Å². The van der Waals surface area contributed by atoms with Gasteiger partial charge in [-0.3, -0.25) is 4.79 Å². The lowest BCUT2D eigenvalue weighted by Crippen LogP contribution is -2.26. The Bertz CT molecular complexity index is 815. The van der Waals surface area contributed by atoms with Gasteiger partial charge in [-0.2, -0.15) is 0 Å². The van der Waals surface area contributed by atoms with Crippen molar-refractivity contribution < 1.29 is 9.53 Å². The molecule has 0 atom stereocenters. The first-order valence-corrected chi connectivity index (χ1v) is 7.39. The number of benzene rings is 2. The van der Waals surface area contributed by atoms with Crippen LogP contribution in [0, 0.1) is 0 Å². The SMILES string of the molecule is COc1ccc(CN(C)C(=O)c2cccc(-n3cnnn3)c2)cc1. The minimum absolute atomic E-state index is 0.0688. The Hall–Kier alpha value is -3.22. The molecule has 3 aromatic rings. The van der Waals surface area contributed by atoms with Gasteiger partial charge in [-0.05, 0) is 46.3 Å². The zero-order valence-corrected chi connectivity index (χ0v) is 13.5. The predicted molar refractivity (Wildman–Crippen MR) is 87.9 cm³/mol. The first-order chi connectivity index (χ1) is 11.7. The molecule has 7 nitrogen and oxygen atoms in total. The quantitative estimate of drug-likeness (QED) is 0.717. The van der Waals surface area contributed by atoms with E-state index in [1.807, 2.05) is 36.4 Å². The van der Waals surface area contributed by atoms with Crippen LogP contribution in [0.5, 0.6) is 5.75 Å². The van der Waals surface area contributed by atoms with Gasteiger partial charge in [-0.25, -0.2) is 4.68 Å². The number of ether oxygens (including phenoxy) is 1. The zero-order valence-electron chi connectivity index (χ0n) is 13.5. The molecule has 0 radical (unpaired) electrons. The molecule has 0 aliphatic rings. The highest BCUT2D eigenvalue weighted by Gasteiger charge is 2.13. The van der Waals surface area contributed by atoms with E-state index in [-0.39, 0.29) is 5.91 Å². The number of hydrogen-bond donors (Lipinski definition) is 0. The molecule has 0 saturated heterocycles. The van der Waals surface area contributed by atoms with Crippen LogP contribution in [-0.4, -0.2) is 45.2 Å². The van der Waals surface area contributed by atoms with E-state index in [1.54, 1.807) is 31.2 Å². The van der Waals surface area contributed by atoms with Crippen molar-refractivity contribution in [2.45, 2.75) is 6.54 Å². The van der Waals surface area contributed by atoms with Gasteiger partial charge in [-0.1, -0.05) is 18.2 Å². The van der Waals surface area contributed by atoms with Gasteiger partial charge in [0.05, 0.1) is 12.8 Å². The van der Waals surface area contributed by atoms with Gasteiger partial charge in [0.25, 0.3) is 5.91 Å². The Morgan fingerprint density at radius 3 is 2.67 bits per heavy atom. The molecule has 24 heavy (non-hydrogen) atoms. The summed E-state index contributed by atoms with van der Waals surface area (Å²) in [5.41, 5.74) is 2.35. The van der Waals surface area contributed by atoms with E-state index >= 15 is 0 Å². The van der Waals surface area contributed by atoms with Crippen molar-refractivity contribution in [1.82, 2.24) is 25.1 Å². The second kappa shape index (κ2) is 6.91. The van der Waals surface area contributed by atoms with Crippen molar-refractivity contribution in [2.24, 2.45) is 0 Å². The molecule has 0 spiro atoms. The molecular formula is C17H17N5O2. The summed E-state index contributed by atoms with van der Waals surface area (Å²) in [6, 6.07) is 14.9. The van der Waals surface area contributed by atoms with E-state index in [0.717, 1.165) is 17.0 Å². The Labute approximate surface area is 139 Å². The average molecular weight is 323 g/mol. The summed E-state index contributed by atoms with van der Waals surface area (Å²) in [4.78, 5) is 14.3. The lowest BCUT2D eigenvalue weighted by atomic mass is 10.1. The van der Waals surface area contributed by atoms with Crippen LogP contribution < -0.4 is 4.74 Å². The maximum atomic E-state index is 12.6. The number of nitrogens with zero attached hydrogens (tertiary/aromatic N) is 5. The summed E-state index contributed by atoms with van der Waals surface area (Å²) in [5.74, 6) is 0.725. The topological polar surface area (TPSA) is 73.1 Å². The van der Waals surface area contributed by atoms with Crippen molar-refractivity contribution in [3.05, 3.63) is 66.0 Å². The molecule has 2 aromatic carbocycles. The highest BCUT2D eigenvalue weighted by atomic mass is 16.5. The maximum absolute atomic E-state index is 12.6. The van der Waals surface area contributed by atoms with Crippen LogP contribution in [-0.2, 0) is 6.54 Å². The van der Waals surface area contributed by atoms with Crippen LogP contribution in [0.25, 0.3) is 5.69 Å². The zero-order chi connectivity index (χ0) is 16.9. The molecule has 7 heteroatoms. The van der Waals surface area contributed by atoms with Crippen LogP contribution in [0.1, 0.15) is 15.9 Å². The largest absolute Gasteiger partial charge is 0.497 e. The van der Waals surface area contributed by atoms with Crippen molar-refractivity contribution >= 4 is 5.91 Å². The van der Waals surface area contributed by atoms with Crippen LogP contribution >= 0.6 is 0 Å². The van der Waals surface area contributed by atoms with Gasteiger partial charge in [0.15, 0.2) is 0 Å². The molecule has 0 aliphatic carbocycles. The number of carbonyl (C=O) groups excluding carboxylic acids is 1. The van der Waals surface area contributed by atoms with Crippen LogP contribution in [0.2, 0.25) is 0 Å². The molecule has 0 fully saturated rings. The van der Waals surface area contributed by atoms with E-state index in [9.17, 15) is 4.79 Å². The Kier molecular flexibility index (Phi) is 4.51. The fraction of sp³-hybridized carbons (Fsp3) is 0.176. The van der Waals surface area contributed by atoms with Gasteiger partial charge in [-0.15, -0.1) is 5.10 Å². The summed E-state index contributed by atoms with van der Waals surface area (Å²) in [5, 5.41) is 11.0. The third-order valence-electron chi connectivity index (χ3n) is 3.63. The molecule has 0 aliphatic heterocycles. The molecule has 0 bridgehead atoms. The number of aromatic nitrogens is 4. The number of rotatable bonds is 5. The van der Waals surface area contributed by atoms with Crippen molar-refractivity contribution in [3.63, 3.8) is 0 Å². The van der Waals surface area contributed by atoms with Crippen molar-refractivity contribution in [2.75, 3.05) is 14.2 Å².